The Bertz CT molecular complexity index is 420. The van der Waals surface area contributed by atoms with Crippen molar-refractivity contribution in [1.29, 1.82) is 0 Å². The van der Waals surface area contributed by atoms with Crippen molar-refractivity contribution < 1.29 is 0 Å². The summed E-state index contributed by atoms with van der Waals surface area (Å²) in [6.07, 6.45) is 1.20. The predicted molar refractivity (Wildman–Crippen MR) is 64.0 cm³/mol. The highest BCUT2D eigenvalue weighted by atomic mass is 15.1. The van der Waals surface area contributed by atoms with Crippen molar-refractivity contribution in [3.05, 3.63) is 35.4 Å². The van der Waals surface area contributed by atoms with Gasteiger partial charge in [-0.05, 0) is 30.7 Å². The number of nitrogens with zero attached hydrogens (tertiary/aromatic N) is 1. The van der Waals surface area contributed by atoms with E-state index in [-0.39, 0.29) is 0 Å². The van der Waals surface area contributed by atoms with Crippen LogP contribution in [0.4, 0.5) is 5.69 Å². The summed E-state index contributed by atoms with van der Waals surface area (Å²) in [6, 6.07) is 8.65. The van der Waals surface area contributed by atoms with Gasteiger partial charge in [-0.25, -0.2) is 0 Å². The first-order valence-corrected chi connectivity index (χ1v) is 5.57. The van der Waals surface area contributed by atoms with Crippen LogP contribution in [0.2, 0.25) is 0 Å². The van der Waals surface area contributed by atoms with Gasteiger partial charge in [0.05, 0.1) is 0 Å². The van der Waals surface area contributed by atoms with Crippen LogP contribution in [0, 0.1) is 0 Å². The van der Waals surface area contributed by atoms with Gasteiger partial charge in [0.25, 0.3) is 0 Å². The number of fused-ring (bicyclic) bond motifs is 2. The number of hydrogen-bond acceptors (Lipinski definition) is 2. The molecule has 3 rings (SSSR count). The fourth-order valence-electron chi connectivity index (χ4n) is 2.57. The second-order valence-electron chi connectivity index (χ2n) is 4.47. The average Bonchev–Trinajstić information content (AvgIpc) is 2.28. The third kappa shape index (κ3) is 1.45. The topological polar surface area (TPSA) is 15.3 Å². The Morgan fingerprint density at radius 3 is 3.07 bits per heavy atom. The van der Waals surface area contributed by atoms with Crippen LogP contribution in [0.25, 0.3) is 5.57 Å². The van der Waals surface area contributed by atoms with E-state index in [2.05, 4.69) is 41.5 Å². The summed E-state index contributed by atoms with van der Waals surface area (Å²) in [5.41, 5.74) is 5.89. The largest absolute Gasteiger partial charge is 0.381 e. The first-order valence-electron chi connectivity index (χ1n) is 5.57. The minimum Gasteiger partial charge on any atom is -0.381 e. The number of hydrogen-bond donors (Lipinski definition) is 1. The Labute approximate surface area is 90.6 Å². The van der Waals surface area contributed by atoms with Crippen LogP contribution in [-0.4, -0.2) is 31.6 Å². The van der Waals surface area contributed by atoms with Gasteiger partial charge in [0, 0.05) is 30.9 Å². The van der Waals surface area contributed by atoms with E-state index in [1.807, 2.05) is 0 Å². The van der Waals surface area contributed by atoms with E-state index < -0.39 is 0 Å². The Kier molecular flexibility index (Phi) is 2.03. The number of rotatable bonds is 0. The van der Waals surface area contributed by atoms with Crippen LogP contribution in [0.5, 0.6) is 0 Å². The van der Waals surface area contributed by atoms with Crippen molar-refractivity contribution in [3.8, 4) is 0 Å². The lowest BCUT2D eigenvalue weighted by Gasteiger charge is -2.32. The van der Waals surface area contributed by atoms with E-state index in [0.29, 0.717) is 0 Å². The standard InChI is InChI=1S/C13H16N2/c1-15-7-6-11-10(9-15)8-14-13-5-3-2-4-12(11)13/h2-5,14H,6-9H2,1H3. The molecule has 2 aliphatic heterocycles. The average molecular weight is 200 g/mol. The summed E-state index contributed by atoms with van der Waals surface area (Å²) >= 11 is 0. The second kappa shape index (κ2) is 3.38. The summed E-state index contributed by atoms with van der Waals surface area (Å²) in [5.74, 6) is 0. The zero-order valence-corrected chi connectivity index (χ0v) is 9.09. The van der Waals surface area contributed by atoms with Gasteiger partial charge in [-0.1, -0.05) is 18.2 Å². The molecule has 0 aromatic heterocycles. The van der Waals surface area contributed by atoms with Crippen molar-refractivity contribution in [1.82, 2.24) is 4.90 Å². The van der Waals surface area contributed by atoms with Crippen molar-refractivity contribution in [2.45, 2.75) is 6.42 Å². The molecule has 1 N–H and O–H groups in total. The molecule has 0 spiro atoms. The molecule has 1 aromatic carbocycles. The van der Waals surface area contributed by atoms with Crippen LogP contribution in [-0.2, 0) is 0 Å². The molecule has 1 aromatic rings. The molecule has 0 aliphatic carbocycles. The molecule has 2 heterocycles. The van der Waals surface area contributed by atoms with Gasteiger partial charge in [0.1, 0.15) is 0 Å². The summed E-state index contributed by atoms with van der Waals surface area (Å²) < 4.78 is 0. The van der Waals surface area contributed by atoms with Crippen molar-refractivity contribution in [3.63, 3.8) is 0 Å². The van der Waals surface area contributed by atoms with Crippen molar-refractivity contribution in [2.75, 3.05) is 32.0 Å². The van der Waals surface area contributed by atoms with Gasteiger partial charge in [0.15, 0.2) is 0 Å². The lowest BCUT2D eigenvalue weighted by atomic mass is 9.90. The predicted octanol–water partition coefficient (Wildman–Crippen LogP) is 2.20. The van der Waals surface area contributed by atoms with Crippen molar-refractivity contribution in [2.24, 2.45) is 0 Å². The van der Waals surface area contributed by atoms with Gasteiger partial charge < -0.3 is 10.2 Å². The molecule has 2 nitrogen and oxygen atoms in total. The maximum atomic E-state index is 3.50. The minimum atomic E-state index is 1.02. The molecule has 0 saturated heterocycles. The van der Waals surface area contributed by atoms with Crippen LogP contribution in [0.15, 0.2) is 29.8 Å². The smallest absolute Gasteiger partial charge is 0.0419 e. The Morgan fingerprint density at radius 2 is 2.13 bits per heavy atom. The Hall–Kier alpha value is -1.28. The lowest BCUT2D eigenvalue weighted by molar-refractivity contribution is 0.358. The molecule has 2 aliphatic rings. The molecule has 0 saturated carbocycles. The maximum absolute atomic E-state index is 3.50. The summed E-state index contributed by atoms with van der Waals surface area (Å²) in [4.78, 5) is 2.40. The second-order valence-corrected chi connectivity index (χ2v) is 4.47. The molecular formula is C13H16N2. The highest BCUT2D eigenvalue weighted by Crippen LogP contribution is 2.35. The minimum absolute atomic E-state index is 1.02. The van der Waals surface area contributed by atoms with Crippen LogP contribution < -0.4 is 5.32 Å². The molecule has 15 heavy (non-hydrogen) atoms. The van der Waals surface area contributed by atoms with E-state index in [9.17, 15) is 0 Å². The molecular weight excluding hydrogens is 184 g/mol. The molecule has 0 bridgehead atoms. The molecule has 0 atom stereocenters. The number of para-hydroxylation sites is 1. The normalized spacial score (nSPS) is 20.6. The summed E-state index contributed by atoms with van der Waals surface area (Å²) in [5, 5.41) is 3.50. The van der Waals surface area contributed by atoms with Crippen LogP contribution in [0.3, 0.4) is 0 Å². The quantitative estimate of drug-likeness (QED) is 0.690. The highest BCUT2D eigenvalue weighted by Gasteiger charge is 2.22. The molecule has 0 amide bonds. The maximum Gasteiger partial charge on any atom is 0.0419 e. The monoisotopic (exact) mass is 200 g/mol. The SMILES string of the molecule is CN1CCC2=C(CNc3ccccc32)C1. The lowest BCUT2D eigenvalue weighted by Crippen LogP contribution is -2.32. The third-order valence-electron chi connectivity index (χ3n) is 3.38. The fraction of sp³-hybridized carbons (Fsp3) is 0.385. The first-order chi connectivity index (χ1) is 7.34. The van der Waals surface area contributed by atoms with E-state index in [1.54, 1.807) is 11.1 Å². The molecule has 78 valence electrons. The zero-order valence-electron chi connectivity index (χ0n) is 9.09. The summed E-state index contributed by atoms with van der Waals surface area (Å²) in [7, 11) is 2.20. The number of likely N-dealkylation sites (N-methyl/N-ethyl adjacent to an activating group) is 1. The first kappa shape index (κ1) is 8.98. The number of anilines is 1. The molecule has 0 radical (unpaired) electrons. The Morgan fingerprint density at radius 1 is 1.27 bits per heavy atom. The van der Waals surface area contributed by atoms with Crippen molar-refractivity contribution >= 4 is 11.3 Å². The van der Waals surface area contributed by atoms with E-state index in [1.165, 1.54) is 24.2 Å². The fourth-order valence-corrected chi connectivity index (χ4v) is 2.57. The third-order valence-corrected chi connectivity index (χ3v) is 3.38. The van der Waals surface area contributed by atoms with Crippen LogP contribution >= 0.6 is 0 Å². The number of benzene rings is 1. The van der Waals surface area contributed by atoms with E-state index >= 15 is 0 Å². The van der Waals surface area contributed by atoms with Gasteiger partial charge in [-0.3, -0.25) is 0 Å². The van der Waals surface area contributed by atoms with E-state index in [4.69, 9.17) is 0 Å². The van der Waals surface area contributed by atoms with E-state index in [0.717, 1.165) is 13.1 Å². The molecule has 2 heteroatoms. The van der Waals surface area contributed by atoms with Crippen LogP contribution in [0.1, 0.15) is 12.0 Å². The zero-order chi connectivity index (χ0) is 10.3. The van der Waals surface area contributed by atoms with Gasteiger partial charge >= 0.3 is 0 Å². The van der Waals surface area contributed by atoms with Gasteiger partial charge in [0.2, 0.25) is 0 Å². The van der Waals surface area contributed by atoms with Gasteiger partial charge in [-0.2, -0.15) is 0 Å². The number of nitrogens with one attached hydrogen (secondary N) is 1. The molecule has 0 fully saturated rings. The highest BCUT2D eigenvalue weighted by molar-refractivity contribution is 5.82. The molecule has 0 unspecified atom stereocenters. The Balaban J connectivity index is 2.08. The summed E-state index contributed by atoms with van der Waals surface area (Å²) in [6.45, 7) is 3.33. The van der Waals surface area contributed by atoms with Gasteiger partial charge in [-0.15, -0.1) is 0 Å².